The van der Waals surface area contributed by atoms with Crippen LogP contribution in [0, 0.1) is 0 Å². The minimum absolute atomic E-state index is 0.00923. The molecule has 3 rings (SSSR count). The molecule has 6 heteroatoms. The molecule has 0 aromatic heterocycles. The van der Waals surface area contributed by atoms with E-state index in [2.05, 4.69) is 0 Å². The van der Waals surface area contributed by atoms with Gasteiger partial charge in [0.05, 0.1) is 16.4 Å². The summed E-state index contributed by atoms with van der Waals surface area (Å²) < 4.78 is 31.3. The lowest BCUT2D eigenvalue weighted by atomic mass is 10.0. The molecule has 0 fully saturated rings. The van der Waals surface area contributed by atoms with Crippen molar-refractivity contribution in [1.82, 2.24) is 0 Å². The van der Waals surface area contributed by atoms with Gasteiger partial charge >= 0.3 is 5.97 Å². The Kier molecular flexibility index (Phi) is 7.82. The van der Waals surface area contributed by atoms with Crippen molar-refractivity contribution in [2.75, 3.05) is 5.75 Å². The SMILES string of the molecule is CC(C)(C)OC(=O)[C@H](CCS(=O)(=O)c1ccccc1)N=C(c1ccccc1)c1ccccc1. The lowest BCUT2D eigenvalue weighted by Crippen LogP contribution is -2.33. The summed E-state index contributed by atoms with van der Waals surface area (Å²) in [6.45, 7) is 5.34. The van der Waals surface area contributed by atoms with E-state index in [0.29, 0.717) is 5.71 Å². The molecule has 0 N–H and O–H groups in total. The van der Waals surface area contributed by atoms with Crippen molar-refractivity contribution in [2.45, 2.75) is 43.7 Å². The van der Waals surface area contributed by atoms with E-state index in [4.69, 9.17) is 9.73 Å². The van der Waals surface area contributed by atoms with E-state index in [1.807, 2.05) is 60.7 Å². The molecule has 0 saturated carbocycles. The Morgan fingerprint density at radius 1 is 0.818 bits per heavy atom. The van der Waals surface area contributed by atoms with Gasteiger partial charge in [-0.1, -0.05) is 78.9 Å². The number of esters is 1. The molecule has 0 heterocycles. The maximum Gasteiger partial charge on any atom is 0.331 e. The molecule has 0 aliphatic carbocycles. The topological polar surface area (TPSA) is 72.8 Å². The molecule has 33 heavy (non-hydrogen) atoms. The summed E-state index contributed by atoms with van der Waals surface area (Å²) in [6, 6.07) is 26.3. The molecule has 0 bridgehead atoms. The van der Waals surface area contributed by atoms with Gasteiger partial charge in [0.2, 0.25) is 0 Å². The maximum atomic E-state index is 13.1. The van der Waals surface area contributed by atoms with Gasteiger partial charge in [-0.2, -0.15) is 0 Å². The second kappa shape index (κ2) is 10.6. The Labute approximate surface area is 196 Å². The first-order valence-corrected chi connectivity index (χ1v) is 12.5. The lowest BCUT2D eigenvalue weighted by Gasteiger charge is -2.23. The minimum atomic E-state index is -3.57. The highest BCUT2D eigenvalue weighted by Gasteiger charge is 2.28. The number of nitrogens with zero attached hydrogens (tertiary/aromatic N) is 1. The lowest BCUT2D eigenvalue weighted by molar-refractivity contribution is -0.156. The number of hydrogen-bond acceptors (Lipinski definition) is 5. The molecule has 172 valence electrons. The van der Waals surface area contributed by atoms with Gasteiger partial charge in [-0.3, -0.25) is 4.99 Å². The van der Waals surface area contributed by atoms with Gasteiger partial charge in [0.25, 0.3) is 0 Å². The van der Waals surface area contributed by atoms with E-state index >= 15 is 0 Å². The first-order valence-electron chi connectivity index (χ1n) is 10.8. The highest BCUT2D eigenvalue weighted by Crippen LogP contribution is 2.19. The van der Waals surface area contributed by atoms with Crippen LogP contribution >= 0.6 is 0 Å². The van der Waals surface area contributed by atoms with E-state index in [9.17, 15) is 13.2 Å². The van der Waals surface area contributed by atoms with Gasteiger partial charge in [-0.15, -0.1) is 0 Å². The molecule has 0 aliphatic heterocycles. The van der Waals surface area contributed by atoms with E-state index in [0.717, 1.165) is 11.1 Å². The Morgan fingerprint density at radius 3 is 1.73 bits per heavy atom. The highest BCUT2D eigenvalue weighted by molar-refractivity contribution is 7.91. The molecule has 0 radical (unpaired) electrons. The van der Waals surface area contributed by atoms with Gasteiger partial charge in [-0.25, -0.2) is 13.2 Å². The third-order valence-corrected chi connectivity index (χ3v) is 6.58. The summed E-state index contributed by atoms with van der Waals surface area (Å²) in [4.78, 5) is 18.1. The zero-order valence-electron chi connectivity index (χ0n) is 19.1. The number of ether oxygens (including phenoxy) is 1. The second-order valence-corrected chi connectivity index (χ2v) is 10.8. The molecule has 1 atom stereocenters. The van der Waals surface area contributed by atoms with Crippen LogP contribution in [0.3, 0.4) is 0 Å². The monoisotopic (exact) mass is 463 g/mol. The van der Waals surface area contributed by atoms with Crippen LogP contribution in [0.1, 0.15) is 38.3 Å². The number of benzene rings is 3. The van der Waals surface area contributed by atoms with Crippen LogP contribution in [-0.2, 0) is 19.4 Å². The number of sulfone groups is 1. The van der Waals surface area contributed by atoms with Crippen molar-refractivity contribution in [1.29, 1.82) is 0 Å². The summed E-state index contributed by atoms with van der Waals surface area (Å²) in [6.07, 6.45) is 0.00923. The van der Waals surface area contributed by atoms with Crippen molar-refractivity contribution < 1.29 is 17.9 Å². The predicted octanol–water partition coefficient (Wildman–Crippen LogP) is 5.10. The van der Waals surface area contributed by atoms with Gasteiger partial charge < -0.3 is 4.74 Å². The fourth-order valence-corrected chi connectivity index (χ4v) is 4.62. The first kappa shape index (κ1) is 24.4. The molecule has 3 aromatic rings. The number of carbonyl (C=O) groups excluding carboxylic acids is 1. The molecule has 3 aromatic carbocycles. The third-order valence-electron chi connectivity index (χ3n) is 4.82. The largest absolute Gasteiger partial charge is 0.458 e. The van der Waals surface area contributed by atoms with Crippen LogP contribution < -0.4 is 0 Å². The molecule has 5 nitrogen and oxygen atoms in total. The quantitative estimate of drug-likeness (QED) is 0.344. The Bertz CT molecular complexity index is 1140. The number of aliphatic imine (C=N–C) groups is 1. The predicted molar refractivity (Wildman–Crippen MR) is 131 cm³/mol. The van der Waals surface area contributed by atoms with E-state index in [1.165, 1.54) is 0 Å². The van der Waals surface area contributed by atoms with Crippen LogP contribution in [-0.4, -0.2) is 37.5 Å². The molecule has 0 amide bonds. The molecule has 0 spiro atoms. The molecular weight excluding hydrogens is 434 g/mol. The molecule has 0 aliphatic rings. The fourth-order valence-electron chi connectivity index (χ4n) is 3.28. The van der Waals surface area contributed by atoms with E-state index in [-0.39, 0.29) is 17.1 Å². The van der Waals surface area contributed by atoms with Crippen molar-refractivity contribution in [3.05, 3.63) is 102 Å². The van der Waals surface area contributed by atoms with Gasteiger partial charge in [-0.05, 0) is 39.3 Å². The Balaban J connectivity index is 2.00. The summed E-state index contributed by atoms with van der Waals surface area (Å²) in [7, 11) is -3.57. The second-order valence-electron chi connectivity index (χ2n) is 8.68. The summed E-state index contributed by atoms with van der Waals surface area (Å²) in [5.41, 5.74) is 1.57. The van der Waals surface area contributed by atoms with Crippen LogP contribution in [0.15, 0.2) is 101 Å². The number of carbonyl (C=O) groups is 1. The van der Waals surface area contributed by atoms with Crippen LogP contribution in [0.2, 0.25) is 0 Å². The van der Waals surface area contributed by atoms with Gasteiger partial charge in [0, 0.05) is 11.1 Å². The zero-order valence-corrected chi connectivity index (χ0v) is 20.0. The minimum Gasteiger partial charge on any atom is -0.458 e. The van der Waals surface area contributed by atoms with Gasteiger partial charge in [0.1, 0.15) is 11.6 Å². The number of hydrogen-bond donors (Lipinski definition) is 0. The maximum absolute atomic E-state index is 13.1. The summed E-state index contributed by atoms with van der Waals surface area (Å²) in [5, 5.41) is 0. The van der Waals surface area contributed by atoms with E-state index in [1.54, 1.807) is 51.1 Å². The van der Waals surface area contributed by atoms with Crippen molar-refractivity contribution in [3.8, 4) is 0 Å². The Morgan fingerprint density at radius 2 is 1.27 bits per heavy atom. The average molecular weight is 464 g/mol. The fraction of sp³-hybridized carbons (Fsp3) is 0.259. The first-order chi connectivity index (χ1) is 15.7. The van der Waals surface area contributed by atoms with Crippen molar-refractivity contribution in [2.24, 2.45) is 4.99 Å². The number of rotatable bonds is 8. The summed E-state index contributed by atoms with van der Waals surface area (Å²) >= 11 is 0. The van der Waals surface area contributed by atoms with Gasteiger partial charge in [0.15, 0.2) is 9.84 Å². The van der Waals surface area contributed by atoms with E-state index < -0.39 is 27.4 Å². The standard InChI is InChI=1S/C27H29NO4S/c1-27(2,3)32-26(29)24(19-20-33(30,31)23-17-11-6-12-18-23)28-25(21-13-7-4-8-14-21)22-15-9-5-10-16-22/h4-18,24H,19-20H2,1-3H3/t24-/m0/s1. The Hall–Kier alpha value is -3.25. The van der Waals surface area contributed by atoms with Crippen molar-refractivity contribution >= 4 is 21.5 Å². The highest BCUT2D eigenvalue weighted by atomic mass is 32.2. The van der Waals surface area contributed by atoms with Crippen LogP contribution in [0.25, 0.3) is 0 Å². The summed E-state index contributed by atoms with van der Waals surface area (Å²) in [5.74, 6) is -0.767. The molecular formula is C27H29NO4S. The molecule has 0 saturated heterocycles. The van der Waals surface area contributed by atoms with Crippen molar-refractivity contribution in [3.63, 3.8) is 0 Å². The average Bonchev–Trinajstić information content (AvgIpc) is 2.80. The normalized spacial score (nSPS) is 12.6. The smallest absolute Gasteiger partial charge is 0.331 e. The van der Waals surface area contributed by atoms with Crippen LogP contribution in [0.4, 0.5) is 0 Å². The zero-order chi connectivity index (χ0) is 23.9. The van der Waals surface area contributed by atoms with Crippen LogP contribution in [0.5, 0.6) is 0 Å². The molecule has 0 unspecified atom stereocenters. The third kappa shape index (κ3) is 7.12.